The summed E-state index contributed by atoms with van der Waals surface area (Å²) < 4.78 is 0. The summed E-state index contributed by atoms with van der Waals surface area (Å²) in [5.74, 6) is -0.885. The van der Waals surface area contributed by atoms with Crippen molar-refractivity contribution in [1.29, 1.82) is 0 Å². The minimum atomic E-state index is -0.840. The number of benzene rings is 1. The minimum Gasteiger partial charge on any atom is -0.481 e. The second kappa shape index (κ2) is 7.87. The van der Waals surface area contributed by atoms with E-state index in [1.165, 1.54) is 16.9 Å². The van der Waals surface area contributed by atoms with Gasteiger partial charge in [-0.2, -0.15) is 0 Å². The van der Waals surface area contributed by atoms with Crippen LogP contribution in [-0.2, 0) is 16.0 Å². The number of carboxylic acids is 1. The van der Waals surface area contributed by atoms with Crippen molar-refractivity contribution in [1.82, 2.24) is 9.88 Å². The van der Waals surface area contributed by atoms with Gasteiger partial charge < -0.3 is 10.0 Å². The van der Waals surface area contributed by atoms with Crippen LogP contribution >= 0.6 is 11.3 Å². The first-order valence-corrected chi connectivity index (χ1v) is 8.31. The van der Waals surface area contributed by atoms with Crippen LogP contribution in [0.15, 0.2) is 29.6 Å². The molecule has 1 aromatic carbocycles. The number of likely N-dealkylation sites (N-methyl/N-ethyl adjacent to an activating group) is 1. The number of rotatable bonds is 7. The molecule has 2 rings (SSSR count). The molecule has 0 atom stereocenters. The third-order valence-corrected chi connectivity index (χ3v) is 4.43. The number of aryl methyl sites for hydroxylation is 1. The molecule has 0 aliphatic rings. The smallest absolute Gasteiger partial charge is 0.303 e. The molecule has 5 nitrogen and oxygen atoms in total. The molecule has 1 amide bonds. The summed E-state index contributed by atoms with van der Waals surface area (Å²) >= 11 is 1.52. The summed E-state index contributed by atoms with van der Waals surface area (Å²) in [4.78, 5) is 28.7. The SMILES string of the molecule is Cc1ccc(-c2nc(CC(=O)N(C)CCCC(=O)O)cs2)cc1. The Labute approximate surface area is 139 Å². The van der Waals surface area contributed by atoms with Crippen molar-refractivity contribution < 1.29 is 14.7 Å². The van der Waals surface area contributed by atoms with Gasteiger partial charge in [-0.1, -0.05) is 29.8 Å². The highest BCUT2D eigenvalue weighted by molar-refractivity contribution is 7.13. The molecule has 0 radical (unpaired) electrons. The zero-order valence-electron chi connectivity index (χ0n) is 13.3. The van der Waals surface area contributed by atoms with E-state index in [2.05, 4.69) is 4.98 Å². The molecule has 1 aromatic heterocycles. The number of nitrogens with zero attached hydrogens (tertiary/aromatic N) is 2. The lowest BCUT2D eigenvalue weighted by Gasteiger charge is -2.15. The minimum absolute atomic E-state index is 0.0452. The number of thiazole rings is 1. The largest absolute Gasteiger partial charge is 0.481 e. The Morgan fingerprint density at radius 2 is 1.96 bits per heavy atom. The van der Waals surface area contributed by atoms with Crippen LogP contribution in [0.5, 0.6) is 0 Å². The van der Waals surface area contributed by atoms with Crippen LogP contribution in [0.25, 0.3) is 10.6 Å². The van der Waals surface area contributed by atoms with Crippen LogP contribution in [-0.4, -0.2) is 40.5 Å². The highest BCUT2D eigenvalue weighted by Gasteiger charge is 2.13. The number of hydrogen-bond donors (Lipinski definition) is 1. The summed E-state index contributed by atoms with van der Waals surface area (Å²) in [5.41, 5.74) is 3.00. The van der Waals surface area contributed by atoms with Crippen molar-refractivity contribution in [2.75, 3.05) is 13.6 Å². The number of hydrogen-bond acceptors (Lipinski definition) is 4. The Balaban J connectivity index is 1.92. The van der Waals surface area contributed by atoms with E-state index in [1.54, 1.807) is 11.9 Å². The van der Waals surface area contributed by atoms with Gasteiger partial charge in [-0.3, -0.25) is 9.59 Å². The normalized spacial score (nSPS) is 10.5. The number of carbonyl (C=O) groups is 2. The number of aromatic nitrogens is 1. The van der Waals surface area contributed by atoms with Gasteiger partial charge in [0, 0.05) is 31.0 Å². The quantitative estimate of drug-likeness (QED) is 0.846. The van der Waals surface area contributed by atoms with Crippen LogP contribution in [0.4, 0.5) is 0 Å². The van der Waals surface area contributed by atoms with Gasteiger partial charge in [0.2, 0.25) is 5.91 Å². The second-order valence-corrected chi connectivity index (χ2v) is 6.36. The summed E-state index contributed by atoms with van der Waals surface area (Å²) in [6.07, 6.45) is 0.779. The maximum Gasteiger partial charge on any atom is 0.303 e. The Kier molecular flexibility index (Phi) is 5.87. The average Bonchev–Trinajstić information content (AvgIpc) is 2.96. The lowest BCUT2D eigenvalue weighted by molar-refractivity contribution is -0.138. The molecule has 0 saturated heterocycles. The highest BCUT2D eigenvalue weighted by Crippen LogP contribution is 2.24. The average molecular weight is 332 g/mol. The lowest BCUT2D eigenvalue weighted by atomic mass is 10.2. The van der Waals surface area contributed by atoms with E-state index in [0.29, 0.717) is 13.0 Å². The third-order valence-electron chi connectivity index (χ3n) is 3.49. The predicted octanol–water partition coefficient (Wildman–Crippen LogP) is 2.98. The van der Waals surface area contributed by atoms with Gasteiger partial charge in [0.1, 0.15) is 5.01 Å². The topological polar surface area (TPSA) is 70.5 Å². The first-order chi connectivity index (χ1) is 11.0. The first kappa shape index (κ1) is 17.1. The van der Waals surface area contributed by atoms with Gasteiger partial charge in [-0.25, -0.2) is 4.98 Å². The van der Waals surface area contributed by atoms with Crippen molar-refractivity contribution in [3.05, 3.63) is 40.9 Å². The summed E-state index contributed by atoms with van der Waals surface area (Å²) in [5, 5.41) is 11.4. The maximum absolute atomic E-state index is 12.1. The van der Waals surface area contributed by atoms with Crippen molar-refractivity contribution in [3.63, 3.8) is 0 Å². The van der Waals surface area contributed by atoms with E-state index >= 15 is 0 Å². The van der Waals surface area contributed by atoms with E-state index in [4.69, 9.17) is 5.11 Å². The van der Waals surface area contributed by atoms with E-state index in [0.717, 1.165) is 16.3 Å². The van der Waals surface area contributed by atoms with E-state index < -0.39 is 5.97 Å². The molecule has 0 fully saturated rings. The molecule has 0 aliphatic carbocycles. The standard InChI is InChI=1S/C17H20N2O3S/c1-12-5-7-13(8-6-12)17-18-14(11-23-17)10-15(20)19(2)9-3-4-16(21)22/h5-8,11H,3-4,9-10H2,1-2H3,(H,21,22). The fourth-order valence-electron chi connectivity index (χ4n) is 2.10. The number of carbonyl (C=O) groups excluding carboxylic acids is 1. The van der Waals surface area contributed by atoms with Gasteiger partial charge >= 0.3 is 5.97 Å². The first-order valence-electron chi connectivity index (χ1n) is 7.43. The molecule has 0 unspecified atom stereocenters. The molecule has 1 N–H and O–H groups in total. The van der Waals surface area contributed by atoms with Gasteiger partial charge in [0.05, 0.1) is 12.1 Å². The molecule has 122 valence electrons. The lowest BCUT2D eigenvalue weighted by Crippen LogP contribution is -2.29. The van der Waals surface area contributed by atoms with Crippen LogP contribution in [0, 0.1) is 6.92 Å². The fraction of sp³-hybridized carbons (Fsp3) is 0.353. The van der Waals surface area contributed by atoms with Gasteiger partial charge in [-0.05, 0) is 13.3 Å². The third kappa shape index (κ3) is 5.17. The molecule has 2 aromatic rings. The van der Waals surface area contributed by atoms with Crippen LogP contribution in [0.1, 0.15) is 24.1 Å². The Morgan fingerprint density at radius 3 is 2.61 bits per heavy atom. The van der Waals surface area contributed by atoms with Crippen LogP contribution in [0.2, 0.25) is 0 Å². The molecule has 23 heavy (non-hydrogen) atoms. The predicted molar refractivity (Wildman–Crippen MR) is 90.5 cm³/mol. The molecule has 0 spiro atoms. The Morgan fingerprint density at radius 1 is 1.26 bits per heavy atom. The zero-order valence-corrected chi connectivity index (χ0v) is 14.1. The monoisotopic (exact) mass is 332 g/mol. The van der Waals surface area contributed by atoms with Crippen LogP contribution in [0.3, 0.4) is 0 Å². The van der Waals surface area contributed by atoms with Gasteiger partial charge in [0.15, 0.2) is 0 Å². The molecule has 0 bridgehead atoms. The van der Waals surface area contributed by atoms with Crippen molar-refractivity contribution in [2.24, 2.45) is 0 Å². The highest BCUT2D eigenvalue weighted by atomic mass is 32.1. The van der Waals surface area contributed by atoms with Crippen molar-refractivity contribution >= 4 is 23.2 Å². The fourth-order valence-corrected chi connectivity index (χ4v) is 2.92. The van der Waals surface area contributed by atoms with Crippen molar-refractivity contribution in [3.8, 4) is 10.6 Å². The molecule has 1 heterocycles. The summed E-state index contributed by atoms with van der Waals surface area (Å²) in [6.45, 7) is 2.48. The van der Waals surface area contributed by atoms with E-state index in [1.807, 2.05) is 36.6 Å². The van der Waals surface area contributed by atoms with Crippen LogP contribution < -0.4 is 0 Å². The zero-order chi connectivity index (χ0) is 16.8. The molecule has 0 saturated carbocycles. The van der Waals surface area contributed by atoms with E-state index in [-0.39, 0.29) is 18.7 Å². The van der Waals surface area contributed by atoms with E-state index in [9.17, 15) is 9.59 Å². The Bertz CT molecular complexity index is 679. The second-order valence-electron chi connectivity index (χ2n) is 5.50. The summed E-state index contributed by atoms with van der Waals surface area (Å²) in [6, 6.07) is 8.13. The summed E-state index contributed by atoms with van der Waals surface area (Å²) in [7, 11) is 1.69. The molecule has 6 heteroatoms. The van der Waals surface area contributed by atoms with Gasteiger partial charge in [0.25, 0.3) is 0 Å². The number of carboxylic acid groups (broad SMARTS) is 1. The van der Waals surface area contributed by atoms with Gasteiger partial charge in [-0.15, -0.1) is 11.3 Å². The molecular weight excluding hydrogens is 312 g/mol. The maximum atomic E-state index is 12.1. The number of aliphatic carboxylic acids is 1. The molecule has 0 aliphatic heterocycles. The number of amides is 1. The molecular formula is C17H20N2O3S. The Hall–Kier alpha value is -2.21. The van der Waals surface area contributed by atoms with Crippen molar-refractivity contribution in [2.45, 2.75) is 26.2 Å².